The fourth-order valence-electron chi connectivity index (χ4n) is 3.06. The van der Waals surface area contributed by atoms with Crippen LogP contribution in [0, 0.1) is 5.41 Å². The highest BCUT2D eigenvalue weighted by atomic mass is 16.5. The fourth-order valence-corrected chi connectivity index (χ4v) is 3.06. The smallest absolute Gasteiger partial charge is 0.305 e. The van der Waals surface area contributed by atoms with Crippen molar-refractivity contribution in [2.75, 3.05) is 19.7 Å². The average molecular weight is 269 g/mol. The third-order valence-corrected chi connectivity index (χ3v) is 4.45. The van der Waals surface area contributed by atoms with Gasteiger partial charge in [-0.3, -0.25) is 4.79 Å². The van der Waals surface area contributed by atoms with Gasteiger partial charge in [-0.15, -0.1) is 0 Å². The minimum atomic E-state index is -0.0497. The van der Waals surface area contributed by atoms with Crippen LogP contribution in [-0.4, -0.2) is 25.7 Å². The van der Waals surface area contributed by atoms with Gasteiger partial charge in [-0.1, -0.05) is 26.2 Å². The van der Waals surface area contributed by atoms with Gasteiger partial charge in [0.15, 0.2) is 0 Å². The zero-order valence-corrected chi connectivity index (χ0v) is 12.8. The van der Waals surface area contributed by atoms with Crippen LogP contribution in [0.25, 0.3) is 0 Å². The second-order valence-corrected chi connectivity index (χ2v) is 5.85. The average Bonchev–Trinajstić information content (AvgIpc) is 2.87. The molecule has 0 aromatic heterocycles. The second kappa shape index (κ2) is 9.35. The van der Waals surface area contributed by atoms with Crippen molar-refractivity contribution >= 4 is 5.97 Å². The Hall–Kier alpha value is -0.570. The highest BCUT2D eigenvalue weighted by molar-refractivity contribution is 5.69. The Morgan fingerprint density at radius 3 is 2.53 bits per heavy atom. The molecule has 1 aliphatic rings. The summed E-state index contributed by atoms with van der Waals surface area (Å²) < 4.78 is 4.91. The second-order valence-electron chi connectivity index (χ2n) is 5.85. The predicted octanol–water partition coefficient (Wildman–Crippen LogP) is 3.67. The van der Waals surface area contributed by atoms with Gasteiger partial charge in [-0.2, -0.15) is 0 Å². The van der Waals surface area contributed by atoms with E-state index in [1.165, 1.54) is 45.1 Å². The van der Waals surface area contributed by atoms with Gasteiger partial charge < -0.3 is 10.1 Å². The molecular weight excluding hydrogens is 238 g/mol. The number of hydrogen-bond acceptors (Lipinski definition) is 3. The van der Waals surface area contributed by atoms with E-state index in [-0.39, 0.29) is 5.97 Å². The number of nitrogens with one attached hydrogen (secondary N) is 1. The molecule has 0 amide bonds. The molecule has 0 aromatic rings. The topological polar surface area (TPSA) is 38.3 Å². The summed E-state index contributed by atoms with van der Waals surface area (Å²) in [5, 5.41) is 3.62. The summed E-state index contributed by atoms with van der Waals surface area (Å²) in [6, 6.07) is 0. The lowest BCUT2D eigenvalue weighted by Gasteiger charge is -2.27. The van der Waals surface area contributed by atoms with E-state index in [1.807, 2.05) is 6.92 Å². The Morgan fingerprint density at radius 2 is 1.89 bits per heavy atom. The maximum Gasteiger partial charge on any atom is 0.305 e. The molecule has 1 aliphatic carbocycles. The first kappa shape index (κ1) is 16.5. The molecule has 0 spiro atoms. The molecule has 3 nitrogen and oxygen atoms in total. The van der Waals surface area contributed by atoms with Crippen LogP contribution in [0.15, 0.2) is 0 Å². The van der Waals surface area contributed by atoms with Crippen molar-refractivity contribution in [1.82, 2.24) is 5.32 Å². The molecule has 0 radical (unpaired) electrons. The molecule has 0 bridgehead atoms. The van der Waals surface area contributed by atoms with Crippen molar-refractivity contribution in [2.24, 2.45) is 5.41 Å². The minimum absolute atomic E-state index is 0.0497. The molecular formula is C16H31NO2. The van der Waals surface area contributed by atoms with Crippen molar-refractivity contribution in [3.8, 4) is 0 Å². The molecule has 1 rings (SSSR count). The summed E-state index contributed by atoms with van der Waals surface area (Å²) in [6.45, 7) is 6.95. The third-order valence-electron chi connectivity index (χ3n) is 4.45. The van der Waals surface area contributed by atoms with E-state index in [4.69, 9.17) is 4.74 Å². The quantitative estimate of drug-likeness (QED) is 0.486. The largest absolute Gasteiger partial charge is 0.466 e. The maximum atomic E-state index is 11.1. The Balaban J connectivity index is 1.95. The summed E-state index contributed by atoms with van der Waals surface area (Å²) in [7, 11) is 0. The molecule has 112 valence electrons. The van der Waals surface area contributed by atoms with Gasteiger partial charge in [0.1, 0.15) is 0 Å². The lowest BCUT2D eigenvalue weighted by Crippen LogP contribution is -2.32. The maximum absolute atomic E-state index is 11.1. The number of rotatable bonds is 10. The van der Waals surface area contributed by atoms with E-state index in [2.05, 4.69) is 12.2 Å². The molecule has 0 aliphatic heterocycles. The normalized spacial score (nSPS) is 17.6. The van der Waals surface area contributed by atoms with Gasteiger partial charge in [0.2, 0.25) is 0 Å². The Kier molecular flexibility index (Phi) is 8.11. The fraction of sp³-hybridized carbons (Fsp3) is 0.938. The highest BCUT2D eigenvalue weighted by Crippen LogP contribution is 2.40. The zero-order chi connectivity index (χ0) is 14.0. The van der Waals surface area contributed by atoms with Crippen LogP contribution < -0.4 is 5.32 Å². The van der Waals surface area contributed by atoms with Gasteiger partial charge in [-0.25, -0.2) is 0 Å². The lowest BCUT2D eigenvalue weighted by molar-refractivity contribution is -0.143. The number of carbonyl (C=O) groups excluding carboxylic acids is 1. The Bertz CT molecular complexity index is 247. The number of esters is 1. The Labute approximate surface area is 118 Å². The van der Waals surface area contributed by atoms with Gasteiger partial charge in [0.25, 0.3) is 0 Å². The molecule has 0 heterocycles. The zero-order valence-electron chi connectivity index (χ0n) is 12.8. The first-order chi connectivity index (χ1) is 9.22. The summed E-state index contributed by atoms with van der Waals surface area (Å²) in [4.78, 5) is 11.1. The SMILES string of the molecule is CCOC(=O)CCCCCNCC1(CC)CCCC1. The van der Waals surface area contributed by atoms with Gasteiger partial charge >= 0.3 is 5.97 Å². The van der Waals surface area contributed by atoms with Crippen LogP contribution >= 0.6 is 0 Å². The summed E-state index contributed by atoms with van der Waals surface area (Å²) >= 11 is 0. The monoisotopic (exact) mass is 269 g/mol. The van der Waals surface area contributed by atoms with Crippen LogP contribution in [0.2, 0.25) is 0 Å². The molecule has 1 N–H and O–H groups in total. The Morgan fingerprint density at radius 1 is 1.16 bits per heavy atom. The summed E-state index contributed by atoms with van der Waals surface area (Å²) in [6.07, 6.45) is 10.8. The third kappa shape index (κ3) is 6.42. The molecule has 0 saturated heterocycles. The van der Waals surface area contributed by atoms with Crippen LogP contribution in [0.3, 0.4) is 0 Å². The molecule has 0 aromatic carbocycles. The summed E-state index contributed by atoms with van der Waals surface area (Å²) in [5.74, 6) is -0.0497. The van der Waals surface area contributed by atoms with Crippen molar-refractivity contribution in [1.29, 1.82) is 0 Å². The van der Waals surface area contributed by atoms with Crippen molar-refractivity contribution in [2.45, 2.75) is 71.6 Å². The lowest BCUT2D eigenvalue weighted by atomic mass is 9.83. The van der Waals surface area contributed by atoms with E-state index >= 15 is 0 Å². The number of carbonyl (C=O) groups is 1. The standard InChI is InChI=1S/C16H31NO2/c1-3-16(11-7-8-12-16)14-17-13-9-5-6-10-15(18)19-4-2/h17H,3-14H2,1-2H3. The highest BCUT2D eigenvalue weighted by Gasteiger charge is 2.31. The summed E-state index contributed by atoms with van der Waals surface area (Å²) in [5.41, 5.74) is 0.588. The van der Waals surface area contributed by atoms with Crippen LogP contribution in [0.4, 0.5) is 0 Å². The first-order valence-corrected chi connectivity index (χ1v) is 8.09. The van der Waals surface area contributed by atoms with Crippen molar-refractivity contribution in [3.63, 3.8) is 0 Å². The molecule has 0 unspecified atom stereocenters. The van der Waals surface area contributed by atoms with Gasteiger partial charge in [0, 0.05) is 13.0 Å². The molecule has 19 heavy (non-hydrogen) atoms. The van der Waals surface area contributed by atoms with Crippen molar-refractivity contribution < 1.29 is 9.53 Å². The number of unbranched alkanes of at least 4 members (excludes halogenated alkanes) is 2. The van der Waals surface area contributed by atoms with Crippen LogP contribution in [0.5, 0.6) is 0 Å². The number of ether oxygens (including phenoxy) is 1. The van der Waals surface area contributed by atoms with Crippen LogP contribution in [-0.2, 0) is 9.53 Å². The van der Waals surface area contributed by atoms with E-state index in [9.17, 15) is 4.79 Å². The molecule has 3 heteroatoms. The number of hydrogen-bond donors (Lipinski definition) is 1. The van der Waals surface area contributed by atoms with Crippen molar-refractivity contribution in [3.05, 3.63) is 0 Å². The first-order valence-electron chi connectivity index (χ1n) is 8.09. The molecule has 1 fully saturated rings. The van der Waals surface area contributed by atoms with E-state index in [0.29, 0.717) is 18.4 Å². The van der Waals surface area contributed by atoms with Crippen LogP contribution in [0.1, 0.15) is 71.6 Å². The minimum Gasteiger partial charge on any atom is -0.466 e. The molecule has 1 saturated carbocycles. The molecule has 0 atom stereocenters. The predicted molar refractivity (Wildman–Crippen MR) is 79.2 cm³/mol. The van der Waals surface area contributed by atoms with Gasteiger partial charge in [0.05, 0.1) is 6.61 Å². The van der Waals surface area contributed by atoms with E-state index < -0.39 is 0 Å². The van der Waals surface area contributed by atoms with Gasteiger partial charge in [-0.05, 0) is 51.0 Å². The van der Waals surface area contributed by atoms with E-state index in [1.54, 1.807) is 0 Å². The van der Waals surface area contributed by atoms with E-state index in [0.717, 1.165) is 19.4 Å².